The lowest BCUT2D eigenvalue weighted by Crippen LogP contribution is -2.41. The zero-order valence-corrected chi connectivity index (χ0v) is 13.9. The largest absolute Gasteiger partial charge is 0.386 e. The molecule has 1 saturated carbocycles. The van der Waals surface area contributed by atoms with E-state index in [4.69, 9.17) is 26.8 Å². The Morgan fingerprint density at radius 1 is 1.36 bits per heavy atom. The minimum atomic E-state index is -1.78. The predicted molar refractivity (Wildman–Crippen MR) is 85.3 cm³/mol. The number of hydrogen-bond acceptors (Lipinski definition) is 8. The summed E-state index contributed by atoms with van der Waals surface area (Å²) in [7, 11) is 2.57. The molecule has 0 bridgehead atoms. The summed E-state index contributed by atoms with van der Waals surface area (Å²) in [6.07, 6.45) is 0. The molecule has 0 spiro atoms. The van der Waals surface area contributed by atoms with Crippen LogP contribution in [0, 0.1) is 43.6 Å². The Morgan fingerprint density at radius 2 is 2.00 bits per heavy atom. The monoisotopic (exact) mass is 361 g/mol. The highest BCUT2D eigenvalue weighted by Crippen LogP contribution is 2.81. The number of nitrogens with two attached hydrogens (primary N) is 1. The maximum atomic E-state index is 11.2. The third kappa shape index (κ3) is 1.65. The molecule has 3 unspecified atom stereocenters. The van der Waals surface area contributed by atoms with Gasteiger partial charge in [-0.25, -0.2) is 4.99 Å². The van der Waals surface area contributed by atoms with E-state index in [9.17, 15) is 20.6 Å². The van der Waals surface area contributed by atoms with E-state index in [1.807, 2.05) is 0 Å². The van der Waals surface area contributed by atoms with Crippen molar-refractivity contribution in [1.29, 1.82) is 10.5 Å². The number of aliphatic imine (C=N–C) groups is 1. The van der Waals surface area contributed by atoms with Gasteiger partial charge in [-0.3, -0.25) is 10.1 Å². The molecule has 1 aromatic carbocycles. The third-order valence-electron chi connectivity index (χ3n) is 4.98. The Morgan fingerprint density at radius 3 is 2.48 bits per heavy atom. The SMILES string of the molecule is COC1(OC)N=C(N)C2(C#N)C(c3ccc(Cl)c([N+](=O)[O-])c3)C12C#N. The van der Waals surface area contributed by atoms with Crippen molar-refractivity contribution in [2.45, 2.75) is 11.8 Å². The van der Waals surface area contributed by atoms with Crippen molar-refractivity contribution in [2.75, 3.05) is 14.2 Å². The van der Waals surface area contributed by atoms with E-state index in [2.05, 4.69) is 17.1 Å². The number of rotatable bonds is 4. The van der Waals surface area contributed by atoms with Crippen molar-refractivity contribution >= 4 is 23.1 Å². The van der Waals surface area contributed by atoms with Gasteiger partial charge in [-0.1, -0.05) is 17.7 Å². The number of nitriles is 2. The summed E-state index contributed by atoms with van der Waals surface area (Å²) < 4.78 is 10.6. The van der Waals surface area contributed by atoms with Crippen molar-refractivity contribution in [2.24, 2.45) is 21.6 Å². The molecule has 2 aliphatic rings. The van der Waals surface area contributed by atoms with E-state index >= 15 is 0 Å². The Labute approximate surface area is 147 Å². The van der Waals surface area contributed by atoms with E-state index in [0.29, 0.717) is 5.56 Å². The van der Waals surface area contributed by atoms with Crippen LogP contribution in [0.3, 0.4) is 0 Å². The third-order valence-corrected chi connectivity index (χ3v) is 5.30. The summed E-state index contributed by atoms with van der Waals surface area (Å²) >= 11 is 5.84. The van der Waals surface area contributed by atoms with Gasteiger partial charge in [-0.05, 0) is 11.6 Å². The number of halogens is 1. The first-order valence-electron chi connectivity index (χ1n) is 7.04. The van der Waals surface area contributed by atoms with Gasteiger partial charge in [-0.2, -0.15) is 10.5 Å². The summed E-state index contributed by atoms with van der Waals surface area (Å²) in [6, 6.07) is 8.21. The second-order valence-electron chi connectivity index (χ2n) is 5.73. The highest BCUT2D eigenvalue weighted by molar-refractivity contribution is 6.32. The fourth-order valence-corrected chi connectivity index (χ4v) is 4.06. The van der Waals surface area contributed by atoms with Crippen LogP contribution in [-0.2, 0) is 9.47 Å². The van der Waals surface area contributed by atoms with Crippen molar-refractivity contribution < 1.29 is 14.4 Å². The van der Waals surface area contributed by atoms with Gasteiger partial charge in [0, 0.05) is 26.2 Å². The Hall–Kier alpha value is -2.72. The molecular weight excluding hydrogens is 350 g/mol. The molecule has 3 atom stereocenters. The number of fused-ring (bicyclic) bond motifs is 1. The molecule has 2 N–H and O–H groups in total. The predicted octanol–water partition coefficient (Wildman–Crippen LogP) is 1.68. The summed E-state index contributed by atoms with van der Waals surface area (Å²) in [6.45, 7) is 0. The molecule has 0 radical (unpaired) electrons. The minimum absolute atomic E-state index is 0.0528. The number of nitrogens with zero attached hydrogens (tertiary/aromatic N) is 4. The Bertz CT molecular complexity index is 900. The van der Waals surface area contributed by atoms with E-state index in [1.165, 1.54) is 32.4 Å². The van der Waals surface area contributed by atoms with E-state index in [1.54, 1.807) is 0 Å². The van der Waals surface area contributed by atoms with Crippen molar-refractivity contribution in [1.82, 2.24) is 0 Å². The van der Waals surface area contributed by atoms with Gasteiger partial charge in [0.25, 0.3) is 11.6 Å². The molecule has 1 fully saturated rings. The number of benzene rings is 1. The quantitative estimate of drug-likeness (QED) is 0.487. The minimum Gasteiger partial charge on any atom is -0.386 e. The fraction of sp³-hybridized carbons (Fsp3) is 0.400. The van der Waals surface area contributed by atoms with Gasteiger partial charge in [0.2, 0.25) is 0 Å². The number of amidine groups is 1. The lowest BCUT2D eigenvalue weighted by Gasteiger charge is -2.29. The van der Waals surface area contributed by atoms with Crippen LogP contribution in [0.15, 0.2) is 23.2 Å². The first-order chi connectivity index (χ1) is 11.8. The number of methoxy groups -OCH3 is 2. The van der Waals surface area contributed by atoms with Crippen LogP contribution in [0.2, 0.25) is 5.02 Å². The first-order valence-corrected chi connectivity index (χ1v) is 7.42. The standard InChI is InChI=1S/C15H12ClN5O4/c1-24-15(25-2)14(7-18)11(13(14,6-17)12(19)20-15)8-3-4-9(16)10(5-8)21(22)23/h3-5,11H,1-2H3,(H2,19,20). The van der Waals surface area contributed by atoms with E-state index in [-0.39, 0.29) is 16.5 Å². The van der Waals surface area contributed by atoms with Gasteiger partial charge >= 0.3 is 0 Å². The lowest BCUT2D eigenvalue weighted by molar-refractivity contribution is -0.384. The summed E-state index contributed by atoms with van der Waals surface area (Å²) in [5, 5.41) is 30.8. The van der Waals surface area contributed by atoms with Crippen molar-refractivity contribution in [3.8, 4) is 12.1 Å². The van der Waals surface area contributed by atoms with Crippen molar-refractivity contribution in [3.05, 3.63) is 38.9 Å². The molecule has 1 aliphatic heterocycles. The highest BCUT2D eigenvalue weighted by Gasteiger charge is 2.93. The summed E-state index contributed by atoms with van der Waals surface area (Å²) in [4.78, 5) is 14.6. The molecule has 0 aromatic heterocycles. The molecule has 1 aromatic rings. The number of nitro groups is 1. The van der Waals surface area contributed by atoms with Crippen LogP contribution in [-0.4, -0.2) is 30.9 Å². The van der Waals surface area contributed by atoms with Crippen LogP contribution in [0.4, 0.5) is 5.69 Å². The maximum Gasteiger partial charge on any atom is 0.292 e. The fourth-order valence-electron chi connectivity index (χ4n) is 3.87. The molecule has 25 heavy (non-hydrogen) atoms. The highest BCUT2D eigenvalue weighted by atomic mass is 35.5. The van der Waals surface area contributed by atoms with Gasteiger partial charge in [0.05, 0.1) is 17.1 Å². The Kier molecular flexibility index (Phi) is 3.52. The zero-order chi connectivity index (χ0) is 18.6. The molecule has 3 rings (SSSR count). The van der Waals surface area contributed by atoms with Gasteiger partial charge in [0.15, 0.2) is 5.41 Å². The summed E-state index contributed by atoms with van der Waals surface area (Å²) in [5.41, 5.74) is 2.92. The molecule has 0 saturated heterocycles. The zero-order valence-electron chi connectivity index (χ0n) is 13.2. The molecule has 128 valence electrons. The van der Waals surface area contributed by atoms with E-state index in [0.717, 1.165) is 0 Å². The van der Waals surface area contributed by atoms with Gasteiger partial charge < -0.3 is 15.2 Å². The number of hydrogen-bond donors (Lipinski definition) is 1. The number of nitro benzene ring substituents is 1. The lowest BCUT2D eigenvalue weighted by atomic mass is 9.93. The molecule has 1 aliphatic carbocycles. The second kappa shape index (κ2) is 5.14. The number of ether oxygens (including phenoxy) is 2. The Balaban J connectivity index is 2.25. The van der Waals surface area contributed by atoms with E-state index < -0.39 is 27.6 Å². The van der Waals surface area contributed by atoms with Crippen LogP contribution < -0.4 is 5.73 Å². The molecule has 10 heteroatoms. The molecule has 0 amide bonds. The normalized spacial score (nSPS) is 31.4. The van der Waals surface area contributed by atoms with Crippen LogP contribution >= 0.6 is 11.6 Å². The summed E-state index contributed by atoms with van der Waals surface area (Å²) in [5.74, 6) is -2.70. The molecular formula is C15H12ClN5O4. The van der Waals surface area contributed by atoms with Gasteiger partial charge in [-0.15, -0.1) is 0 Å². The van der Waals surface area contributed by atoms with Crippen molar-refractivity contribution in [3.63, 3.8) is 0 Å². The van der Waals surface area contributed by atoms with Crippen LogP contribution in [0.1, 0.15) is 11.5 Å². The smallest absolute Gasteiger partial charge is 0.292 e. The second-order valence-corrected chi connectivity index (χ2v) is 6.13. The molecule has 9 nitrogen and oxygen atoms in total. The van der Waals surface area contributed by atoms with Gasteiger partial charge in [0.1, 0.15) is 16.3 Å². The van der Waals surface area contributed by atoms with Crippen LogP contribution in [0.5, 0.6) is 0 Å². The average Bonchev–Trinajstić information content (AvgIpc) is 3.18. The first kappa shape index (κ1) is 17.1. The average molecular weight is 362 g/mol. The molecule has 1 heterocycles. The maximum absolute atomic E-state index is 11.2. The van der Waals surface area contributed by atoms with Crippen LogP contribution in [0.25, 0.3) is 0 Å². The topological polar surface area (TPSA) is 148 Å².